The number of nitrogens with two attached hydrogens (primary N) is 1. The summed E-state index contributed by atoms with van der Waals surface area (Å²) < 4.78 is 12.0. The first-order valence-electron chi connectivity index (χ1n) is 7.35. The first kappa shape index (κ1) is 17.8. The Morgan fingerprint density at radius 3 is 2.70 bits per heavy atom. The first-order valence-corrected chi connectivity index (χ1v) is 8.16. The minimum atomic E-state index is -0.531. The van der Waals surface area contributed by atoms with Crippen LogP contribution in [0.4, 0.5) is 5.13 Å². The zero-order valence-electron chi connectivity index (χ0n) is 13.0. The van der Waals surface area contributed by atoms with Gasteiger partial charge in [-0.25, -0.2) is 4.98 Å². The maximum atomic E-state index is 12.1. The zero-order chi connectivity index (χ0) is 15.7. The van der Waals surface area contributed by atoms with Crippen LogP contribution in [0.15, 0.2) is 12.1 Å². The van der Waals surface area contributed by atoms with Gasteiger partial charge in [0.2, 0.25) is 5.91 Å². The van der Waals surface area contributed by atoms with E-state index in [1.54, 1.807) is 0 Å². The predicted octanol–water partition coefficient (Wildman–Crippen LogP) is 2.80. The molecule has 2 unspecified atom stereocenters. The Balaban J connectivity index is 0.00000192. The van der Waals surface area contributed by atoms with Crippen molar-refractivity contribution >= 4 is 45.0 Å². The summed E-state index contributed by atoms with van der Waals surface area (Å²) in [4.78, 5) is 16.6. The van der Waals surface area contributed by atoms with Crippen molar-refractivity contribution in [2.75, 3.05) is 18.5 Å². The molecule has 1 aliphatic rings. The molecule has 6 nitrogen and oxygen atoms in total. The van der Waals surface area contributed by atoms with E-state index in [1.807, 2.05) is 26.0 Å². The van der Waals surface area contributed by atoms with E-state index in [0.29, 0.717) is 24.1 Å². The molecule has 1 aromatic carbocycles. The summed E-state index contributed by atoms with van der Waals surface area (Å²) in [6.45, 7) is 5.06. The molecular weight excluding hydrogens is 338 g/mol. The molecule has 0 saturated heterocycles. The van der Waals surface area contributed by atoms with Crippen LogP contribution in [0, 0.1) is 5.92 Å². The van der Waals surface area contributed by atoms with Crippen LogP contribution in [0.3, 0.4) is 0 Å². The van der Waals surface area contributed by atoms with Gasteiger partial charge >= 0.3 is 0 Å². The average molecular weight is 358 g/mol. The number of nitrogens with one attached hydrogen (secondary N) is 1. The lowest BCUT2D eigenvalue weighted by Crippen LogP contribution is -2.40. The number of thiazole rings is 1. The molecule has 0 spiro atoms. The smallest absolute Gasteiger partial charge is 0.243 e. The maximum absolute atomic E-state index is 12.1. The van der Waals surface area contributed by atoms with Crippen LogP contribution in [-0.4, -0.2) is 30.1 Å². The summed E-state index contributed by atoms with van der Waals surface area (Å²) >= 11 is 1.40. The number of benzene rings is 1. The van der Waals surface area contributed by atoms with Gasteiger partial charge in [-0.15, -0.1) is 12.4 Å². The zero-order valence-corrected chi connectivity index (χ0v) is 14.6. The van der Waals surface area contributed by atoms with Crippen LogP contribution >= 0.6 is 23.7 Å². The Hall–Kier alpha value is -1.57. The van der Waals surface area contributed by atoms with Crippen LogP contribution in [0.5, 0.6) is 11.5 Å². The summed E-state index contributed by atoms with van der Waals surface area (Å²) in [6, 6.07) is 3.20. The fourth-order valence-corrected chi connectivity index (χ4v) is 3.10. The molecule has 1 aliphatic heterocycles. The lowest BCUT2D eigenvalue weighted by atomic mass is 10.00. The topological polar surface area (TPSA) is 86.5 Å². The molecule has 0 bridgehead atoms. The Morgan fingerprint density at radius 1 is 1.39 bits per heavy atom. The number of aromatic nitrogens is 1. The number of ether oxygens (including phenoxy) is 2. The Bertz CT molecular complexity index is 664. The van der Waals surface area contributed by atoms with Gasteiger partial charge in [-0.05, 0) is 5.92 Å². The monoisotopic (exact) mass is 357 g/mol. The minimum absolute atomic E-state index is 0. The van der Waals surface area contributed by atoms with Gasteiger partial charge in [0, 0.05) is 12.1 Å². The van der Waals surface area contributed by atoms with Crippen molar-refractivity contribution in [1.29, 1.82) is 0 Å². The van der Waals surface area contributed by atoms with E-state index in [9.17, 15) is 4.79 Å². The normalized spacial score (nSPS) is 15.6. The summed E-state index contributed by atoms with van der Waals surface area (Å²) in [5, 5.41) is 3.34. The highest BCUT2D eigenvalue weighted by Gasteiger charge is 2.21. The number of hydrogen-bond donors (Lipinski definition) is 2. The van der Waals surface area contributed by atoms with Gasteiger partial charge in [0.05, 0.1) is 16.3 Å². The molecule has 1 aromatic heterocycles. The molecule has 0 radical (unpaired) electrons. The molecule has 2 aromatic rings. The quantitative estimate of drug-likeness (QED) is 0.878. The van der Waals surface area contributed by atoms with Crippen molar-refractivity contribution in [2.45, 2.75) is 26.3 Å². The van der Waals surface area contributed by atoms with Gasteiger partial charge in [0.1, 0.15) is 13.2 Å². The lowest BCUT2D eigenvalue weighted by Gasteiger charge is -2.17. The van der Waals surface area contributed by atoms with Crippen LogP contribution in [0.25, 0.3) is 10.2 Å². The van der Waals surface area contributed by atoms with Crippen molar-refractivity contribution in [2.24, 2.45) is 11.7 Å². The highest BCUT2D eigenvalue weighted by Crippen LogP contribution is 2.37. The summed E-state index contributed by atoms with van der Waals surface area (Å²) in [6.07, 6.45) is 0.857. The van der Waals surface area contributed by atoms with Gasteiger partial charge in [-0.2, -0.15) is 0 Å². The molecule has 23 heavy (non-hydrogen) atoms. The molecule has 3 rings (SSSR count). The van der Waals surface area contributed by atoms with Crippen molar-refractivity contribution in [3.63, 3.8) is 0 Å². The first-order chi connectivity index (χ1) is 10.6. The molecule has 2 atom stereocenters. The molecule has 0 saturated carbocycles. The highest BCUT2D eigenvalue weighted by molar-refractivity contribution is 7.22. The van der Waals surface area contributed by atoms with E-state index in [-0.39, 0.29) is 24.2 Å². The van der Waals surface area contributed by atoms with Gasteiger partial charge in [0.25, 0.3) is 0 Å². The van der Waals surface area contributed by atoms with Crippen LogP contribution < -0.4 is 20.5 Å². The molecule has 0 fully saturated rings. The van der Waals surface area contributed by atoms with Gasteiger partial charge < -0.3 is 20.5 Å². The standard InChI is InChI=1S/C15H19N3O3S.ClH/c1-3-8(2)13(16)14(19)18-15-17-9-6-10-11(7-12(9)22-15)21-5-4-20-10;/h6-8,13H,3-5,16H2,1-2H3,(H,17,18,19);1H. The second-order valence-electron chi connectivity index (χ2n) is 5.38. The van der Waals surface area contributed by atoms with Gasteiger partial charge in [0.15, 0.2) is 16.6 Å². The van der Waals surface area contributed by atoms with E-state index >= 15 is 0 Å². The van der Waals surface area contributed by atoms with E-state index in [4.69, 9.17) is 15.2 Å². The molecule has 8 heteroatoms. The minimum Gasteiger partial charge on any atom is -0.486 e. The van der Waals surface area contributed by atoms with Crippen LogP contribution in [0.2, 0.25) is 0 Å². The van der Waals surface area contributed by atoms with Crippen LogP contribution in [-0.2, 0) is 4.79 Å². The number of nitrogens with zero attached hydrogens (tertiary/aromatic N) is 1. The van der Waals surface area contributed by atoms with Crippen LogP contribution in [0.1, 0.15) is 20.3 Å². The van der Waals surface area contributed by atoms with Gasteiger partial charge in [-0.1, -0.05) is 31.6 Å². The predicted molar refractivity (Wildman–Crippen MR) is 93.9 cm³/mol. The van der Waals surface area contributed by atoms with Crippen molar-refractivity contribution in [1.82, 2.24) is 4.98 Å². The number of carbonyl (C=O) groups excluding carboxylic acids is 1. The lowest BCUT2D eigenvalue weighted by molar-refractivity contribution is -0.118. The third kappa shape index (κ3) is 3.68. The molecule has 126 valence electrons. The number of hydrogen-bond acceptors (Lipinski definition) is 6. The Kier molecular flexibility index (Phi) is 5.67. The van der Waals surface area contributed by atoms with E-state index in [1.165, 1.54) is 11.3 Å². The number of rotatable bonds is 4. The number of anilines is 1. The average Bonchev–Trinajstić information content (AvgIpc) is 2.91. The van der Waals surface area contributed by atoms with E-state index < -0.39 is 6.04 Å². The maximum Gasteiger partial charge on any atom is 0.243 e. The largest absolute Gasteiger partial charge is 0.486 e. The number of amides is 1. The number of halogens is 1. The van der Waals surface area contributed by atoms with E-state index in [0.717, 1.165) is 22.4 Å². The van der Waals surface area contributed by atoms with Crippen molar-refractivity contribution in [3.8, 4) is 11.5 Å². The molecular formula is C15H20ClN3O3S. The summed E-state index contributed by atoms with van der Waals surface area (Å²) in [5.41, 5.74) is 6.72. The number of carbonyl (C=O) groups is 1. The fourth-order valence-electron chi connectivity index (χ4n) is 2.22. The molecule has 3 N–H and O–H groups in total. The van der Waals surface area contributed by atoms with Gasteiger partial charge in [-0.3, -0.25) is 4.79 Å². The third-order valence-corrected chi connectivity index (χ3v) is 4.78. The summed E-state index contributed by atoms with van der Waals surface area (Å²) in [5.74, 6) is 1.34. The molecule has 0 aliphatic carbocycles. The Labute approximate surface area is 144 Å². The second kappa shape index (κ2) is 7.33. The molecule has 1 amide bonds. The second-order valence-corrected chi connectivity index (χ2v) is 6.41. The van der Waals surface area contributed by atoms with Crippen molar-refractivity contribution in [3.05, 3.63) is 12.1 Å². The SMILES string of the molecule is CCC(C)C(N)C(=O)Nc1nc2cc3c(cc2s1)OCCO3.Cl. The highest BCUT2D eigenvalue weighted by atomic mass is 35.5. The molecule has 2 heterocycles. The number of fused-ring (bicyclic) bond motifs is 2. The summed E-state index contributed by atoms with van der Waals surface area (Å²) in [7, 11) is 0. The third-order valence-electron chi connectivity index (χ3n) is 3.84. The van der Waals surface area contributed by atoms with Crippen molar-refractivity contribution < 1.29 is 14.3 Å². The fraction of sp³-hybridized carbons (Fsp3) is 0.467. The Morgan fingerprint density at radius 2 is 2.04 bits per heavy atom. The van der Waals surface area contributed by atoms with E-state index in [2.05, 4.69) is 10.3 Å².